The van der Waals surface area contributed by atoms with E-state index in [-0.39, 0.29) is 6.10 Å². The van der Waals surface area contributed by atoms with Gasteiger partial charge in [-0.25, -0.2) is 4.79 Å². The third-order valence-electron chi connectivity index (χ3n) is 3.13. The minimum Gasteiger partial charge on any atom is -0.481 e. The molecular formula is C12H19NO5. The van der Waals surface area contributed by atoms with Crippen LogP contribution in [0.1, 0.15) is 27.2 Å². The molecule has 1 amide bonds. The summed E-state index contributed by atoms with van der Waals surface area (Å²) in [6.45, 7) is 6.12. The molecule has 0 saturated carbocycles. The van der Waals surface area contributed by atoms with Gasteiger partial charge in [0.15, 0.2) is 0 Å². The van der Waals surface area contributed by atoms with Crippen molar-refractivity contribution in [3.8, 4) is 0 Å². The van der Waals surface area contributed by atoms with Crippen molar-refractivity contribution in [2.24, 2.45) is 5.92 Å². The molecule has 3 atom stereocenters. The van der Waals surface area contributed by atoms with Crippen molar-refractivity contribution in [2.75, 3.05) is 13.1 Å². The second-order valence-electron chi connectivity index (χ2n) is 5.86. The molecule has 2 aliphatic heterocycles. The monoisotopic (exact) mass is 257 g/mol. The first-order chi connectivity index (χ1) is 8.26. The number of aliphatic carboxylic acids is 1. The largest absolute Gasteiger partial charge is 0.481 e. The third-order valence-corrected chi connectivity index (χ3v) is 3.13. The number of carbonyl (C=O) groups excluding carboxylic acids is 1. The van der Waals surface area contributed by atoms with Crippen LogP contribution >= 0.6 is 0 Å². The van der Waals surface area contributed by atoms with Crippen LogP contribution in [0.15, 0.2) is 0 Å². The van der Waals surface area contributed by atoms with Gasteiger partial charge in [-0.3, -0.25) is 4.79 Å². The summed E-state index contributed by atoms with van der Waals surface area (Å²) < 4.78 is 10.8. The number of rotatable bonds is 1. The number of carboxylic acid groups (broad SMARTS) is 1. The minimum atomic E-state index is -0.853. The van der Waals surface area contributed by atoms with Crippen molar-refractivity contribution in [2.45, 2.75) is 45.0 Å². The Labute approximate surface area is 106 Å². The molecule has 102 valence electrons. The maximum Gasteiger partial charge on any atom is 0.410 e. The van der Waals surface area contributed by atoms with Gasteiger partial charge in [-0.05, 0) is 27.2 Å². The van der Waals surface area contributed by atoms with Gasteiger partial charge in [-0.2, -0.15) is 0 Å². The lowest BCUT2D eigenvalue weighted by Crippen LogP contribution is -2.48. The smallest absolute Gasteiger partial charge is 0.410 e. The number of carbonyl (C=O) groups is 2. The lowest BCUT2D eigenvalue weighted by Gasteiger charge is -2.33. The molecule has 0 unspecified atom stereocenters. The Bertz CT molecular complexity index is 362. The van der Waals surface area contributed by atoms with E-state index in [4.69, 9.17) is 14.6 Å². The molecule has 0 aliphatic carbocycles. The molecule has 0 aromatic carbocycles. The third kappa shape index (κ3) is 2.75. The molecule has 2 aliphatic rings. The Morgan fingerprint density at radius 1 is 1.33 bits per heavy atom. The molecule has 0 aromatic heterocycles. The van der Waals surface area contributed by atoms with Crippen LogP contribution in [0.3, 0.4) is 0 Å². The first kappa shape index (κ1) is 13.1. The molecule has 1 N–H and O–H groups in total. The van der Waals surface area contributed by atoms with Gasteiger partial charge in [0, 0.05) is 0 Å². The van der Waals surface area contributed by atoms with Crippen molar-refractivity contribution >= 4 is 12.1 Å². The van der Waals surface area contributed by atoms with Gasteiger partial charge in [-0.15, -0.1) is 0 Å². The zero-order chi connectivity index (χ0) is 13.5. The summed E-state index contributed by atoms with van der Waals surface area (Å²) in [6.07, 6.45) is -0.516. The Kier molecular flexibility index (Phi) is 3.23. The summed E-state index contributed by atoms with van der Waals surface area (Å²) in [7, 11) is 0. The van der Waals surface area contributed by atoms with E-state index in [0.717, 1.165) is 0 Å². The molecule has 2 rings (SSSR count). The van der Waals surface area contributed by atoms with Gasteiger partial charge < -0.3 is 19.5 Å². The van der Waals surface area contributed by atoms with Crippen molar-refractivity contribution < 1.29 is 24.2 Å². The number of hydrogen-bond donors (Lipinski definition) is 1. The summed E-state index contributed by atoms with van der Waals surface area (Å²) in [4.78, 5) is 24.5. The fourth-order valence-electron chi connectivity index (χ4n) is 2.39. The van der Waals surface area contributed by atoms with Gasteiger partial charge in [-0.1, -0.05) is 0 Å². The number of hydrogen-bond acceptors (Lipinski definition) is 4. The van der Waals surface area contributed by atoms with Crippen LogP contribution in [0.25, 0.3) is 0 Å². The van der Waals surface area contributed by atoms with Crippen molar-refractivity contribution in [1.29, 1.82) is 0 Å². The number of ether oxygens (including phenoxy) is 2. The Hall–Kier alpha value is -1.30. The lowest BCUT2D eigenvalue weighted by molar-refractivity contribution is -0.144. The molecule has 6 nitrogen and oxygen atoms in total. The Morgan fingerprint density at radius 3 is 2.56 bits per heavy atom. The highest BCUT2D eigenvalue weighted by atomic mass is 16.6. The average Bonchev–Trinajstić information content (AvgIpc) is 2.51. The topological polar surface area (TPSA) is 76.1 Å². The fourth-order valence-corrected chi connectivity index (χ4v) is 2.39. The molecule has 2 fully saturated rings. The van der Waals surface area contributed by atoms with Crippen LogP contribution in [-0.4, -0.2) is 53.0 Å². The van der Waals surface area contributed by atoms with E-state index in [2.05, 4.69) is 0 Å². The number of likely N-dealkylation sites (tertiary alicyclic amines) is 1. The minimum absolute atomic E-state index is 0.183. The van der Waals surface area contributed by atoms with Gasteiger partial charge >= 0.3 is 12.1 Å². The highest BCUT2D eigenvalue weighted by Crippen LogP contribution is 2.32. The number of carboxylic acids is 1. The number of nitrogens with zero attached hydrogens (tertiary/aromatic N) is 1. The van der Waals surface area contributed by atoms with Gasteiger partial charge in [0.1, 0.15) is 5.60 Å². The zero-order valence-corrected chi connectivity index (χ0v) is 10.9. The summed E-state index contributed by atoms with van der Waals surface area (Å²) in [5.41, 5.74) is -0.541. The number of fused-ring (bicyclic) bond motifs is 2. The maximum absolute atomic E-state index is 11.9. The molecule has 2 saturated heterocycles. The molecule has 2 heterocycles. The molecule has 6 heteroatoms. The number of morpholine rings is 1. The van der Waals surface area contributed by atoms with Crippen molar-refractivity contribution in [3.05, 3.63) is 0 Å². The summed E-state index contributed by atoms with van der Waals surface area (Å²) in [6, 6.07) is 0. The van der Waals surface area contributed by atoms with E-state index < -0.39 is 29.7 Å². The first-order valence-electron chi connectivity index (χ1n) is 6.12. The number of amides is 1. The fraction of sp³-hybridized carbons (Fsp3) is 0.833. The molecule has 18 heavy (non-hydrogen) atoms. The molecule has 0 aromatic rings. The second kappa shape index (κ2) is 4.42. The first-order valence-corrected chi connectivity index (χ1v) is 6.12. The Balaban J connectivity index is 1.99. The molecule has 0 spiro atoms. The standard InChI is InChI=1S/C12H19NO5/c1-12(2,3)18-11(16)13-5-7-4-8(10(14)15)9(6-13)17-7/h7-9H,4-6H2,1-3H3,(H,14,15)/t7-,8+,9-/m1/s1. The SMILES string of the molecule is CC(C)(C)OC(=O)N1C[C@H]2C[C@H](C(=O)O)[C@@H](C1)O2. The van der Waals surface area contributed by atoms with E-state index in [9.17, 15) is 9.59 Å². The van der Waals surface area contributed by atoms with Crippen molar-refractivity contribution in [1.82, 2.24) is 4.90 Å². The zero-order valence-electron chi connectivity index (χ0n) is 10.9. The summed E-state index contributed by atoms with van der Waals surface area (Å²) >= 11 is 0. The van der Waals surface area contributed by atoms with Crippen LogP contribution in [0.4, 0.5) is 4.79 Å². The van der Waals surface area contributed by atoms with Crippen LogP contribution < -0.4 is 0 Å². The van der Waals surface area contributed by atoms with Crippen LogP contribution in [-0.2, 0) is 14.3 Å². The summed E-state index contributed by atoms with van der Waals surface area (Å²) in [5.74, 6) is -1.36. The Morgan fingerprint density at radius 2 is 2.00 bits per heavy atom. The van der Waals surface area contributed by atoms with Crippen LogP contribution in [0.2, 0.25) is 0 Å². The van der Waals surface area contributed by atoms with E-state index in [0.29, 0.717) is 19.5 Å². The van der Waals surface area contributed by atoms with Crippen LogP contribution in [0, 0.1) is 5.92 Å². The van der Waals surface area contributed by atoms with E-state index in [1.807, 2.05) is 0 Å². The van der Waals surface area contributed by atoms with Crippen LogP contribution in [0.5, 0.6) is 0 Å². The van der Waals surface area contributed by atoms with E-state index >= 15 is 0 Å². The predicted molar refractivity (Wildman–Crippen MR) is 62.2 cm³/mol. The predicted octanol–water partition coefficient (Wildman–Crippen LogP) is 1.10. The van der Waals surface area contributed by atoms with E-state index in [1.54, 1.807) is 25.7 Å². The second-order valence-corrected chi connectivity index (χ2v) is 5.86. The summed E-state index contributed by atoms with van der Waals surface area (Å²) in [5, 5.41) is 9.06. The van der Waals surface area contributed by atoms with Gasteiger partial charge in [0.2, 0.25) is 0 Å². The highest BCUT2D eigenvalue weighted by molar-refractivity contribution is 5.72. The average molecular weight is 257 g/mol. The van der Waals surface area contributed by atoms with E-state index in [1.165, 1.54) is 0 Å². The maximum atomic E-state index is 11.9. The normalized spacial score (nSPS) is 31.3. The lowest BCUT2D eigenvalue weighted by atomic mass is 10.0. The quantitative estimate of drug-likeness (QED) is 0.761. The molecule has 2 bridgehead atoms. The van der Waals surface area contributed by atoms with Crippen molar-refractivity contribution in [3.63, 3.8) is 0 Å². The molecule has 0 radical (unpaired) electrons. The highest BCUT2D eigenvalue weighted by Gasteiger charge is 2.46. The van der Waals surface area contributed by atoms with Gasteiger partial charge in [0.25, 0.3) is 0 Å². The molecular weight excluding hydrogens is 238 g/mol. The van der Waals surface area contributed by atoms with Gasteiger partial charge in [0.05, 0.1) is 31.2 Å².